The van der Waals surface area contributed by atoms with Crippen molar-refractivity contribution in [2.45, 2.75) is 31.7 Å². The van der Waals surface area contributed by atoms with Gasteiger partial charge >= 0.3 is 0 Å². The summed E-state index contributed by atoms with van der Waals surface area (Å²) in [6.07, 6.45) is 7.56. The highest BCUT2D eigenvalue weighted by molar-refractivity contribution is 5.82. The van der Waals surface area contributed by atoms with Crippen molar-refractivity contribution in [2.24, 2.45) is 0 Å². The lowest BCUT2D eigenvalue weighted by atomic mass is 10.0. The number of nitrogens with one attached hydrogen (secondary N) is 1. The fourth-order valence-electron chi connectivity index (χ4n) is 3.39. The van der Waals surface area contributed by atoms with Gasteiger partial charge in [-0.2, -0.15) is 0 Å². The second-order valence-corrected chi connectivity index (χ2v) is 6.36. The molecule has 1 atom stereocenters. The standard InChI is InChI=1S/C19H22N4O3/c24-19(14-21-16-6-3-4-8-18(16)23(25)26)22-13-5-1-2-7-17(22)15-9-11-20-12-10-15/h3-4,6,8-12,17,21H,1-2,5,7,13-14H2. The van der Waals surface area contributed by atoms with Crippen LogP contribution in [0.3, 0.4) is 0 Å². The summed E-state index contributed by atoms with van der Waals surface area (Å²) in [5.74, 6) is -0.0492. The number of anilines is 1. The predicted molar refractivity (Wildman–Crippen MR) is 98.7 cm³/mol. The van der Waals surface area contributed by atoms with Crippen LogP contribution in [-0.2, 0) is 4.79 Å². The number of benzene rings is 1. The molecule has 0 aliphatic carbocycles. The van der Waals surface area contributed by atoms with E-state index in [9.17, 15) is 14.9 Å². The Morgan fingerprint density at radius 3 is 2.73 bits per heavy atom. The molecule has 1 unspecified atom stereocenters. The number of hydrogen-bond donors (Lipinski definition) is 1. The molecule has 1 fully saturated rings. The molecule has 1 N–H and O–H groups in total. The van der Waals surface area contributed by atoms with E-state index in [-0.39, 0.29) is 24.2 Å². The molecule has 26 heavy (non-hydrogen) atoms. The van der Waals surface area contributed by atoms with Gasteiger partial charge in [0.1, 0.15) is 5.69 Å². The molecule has 7 heteroatoms. The Morgan fingerprint density at radius 2 is 1.96 bits per heavy atom. The van der Waals surface area contributed by atoms with Crippen LogP contribution in [0.4, 0.5) is 11.4 Å². The number of para-hydroxylation sites is 2. The molecule has 136 valence electrons. The van der Waals surface area contributed by atoms with Crippen molar-refractivity contribution in [1.82, 2.24) is 9.88 Å². The van der Waals surface area contributed by atoms with Crippen LogP contribution in [0.25, 0.3) is 0 Å². The van der Waals surface area contributed by atoms with Crippen LogP contribution in [0, 0.1) is 10.1 Å². The van der Waals surface area contributed by atoms with E-state index in [0.29, 0.717) is 12.2 Å². The van der Waals surface area contributed by atoms with Gasteiger partial charge in [0, 0.05) is 25.0 Å². The first-order valence-corrected chi connectivity index (χ1v) is 8.83. The first-order chi connectivity index (χ1) is 12.7. The molecule has 0 saturated carbocycles. The Kier molecular flexibility index (Phi) is 5.78. The maximum atomic E-state index is 12.9. The van der Waals surface area contributed by atoms with Crippen molar-refractivity contribution in [3.05, 3.63) is 64.5 Å². The quantitative estimate of drug-likeness (QED) is 0.655. The number of likely N-dealkylation sites (tertiary alicyclic amines) is 1. The van der Waals surface area contributed by atoms with E-state index < -0.39 is 4.92 Å². The van der Waals surface area contributed by atoms with Gasteiger partial charge in [0.2, 0.25) is 5.91 Å². The number of rotatable bonds is 5. The summed E-state index contributed by atoms with van der Waals surface area (Å²) in [6.45, 7) is 0.733. The SMILES string of the molecule is O=C(CNc1ccccc1[N+](=O)[O-])N1CCCCCC1c1ccncc1. The molecule has 1 amide bonds. The van der Waals surface area contributed by atoms with Crippen molar-refractivity contribution >= 4 is 17.3 Å². The number of aromatic nitrogens is 1. The van der Waals surface area contributed by atoms with Gasteiger partial charge in [0.05, 0.1) is 17.5 Å². The second kappa shape index (κ2) is 8.42. The summed E-state index contributed by atoms with van der Waals surface area (Å²) < 4.78 is 0. The Hall–Kier alpha value is -2.96. The number of nitro benzene ring substituents is 1. The van der Waals surface area contributed by atoms with E-state index in [1.165, 1.54) is 6.07 Å². The van der Waals surface area contributed by atoms with E-state index in [1.807, 2.05) is 17.0 Å². The molecule has 0 bridgehead atoms. The van der Waals surface area contributed by atoms with Crippen LogP contribution in [0.2, 0.25) is 0 Å². The first-order valence-electron chi connectivity index (χ1n) is 8.83. The van der Waals surface area contributed by atoms with Gasteiger partial charge in [0.25, 0.3) is 5.69 Å². The van der Waals surface area contributed by atoms with Crippen LogP contribution in [-0.4, -0.2) is 33.8 Å². The minimum atomic E-state index is -0.446. The molecule has 0 spiro atoms. The maximum absolute atomic E-state index is 12.9. The average Bonchev–Trinajstić information content (AvgIpc) is 2.93. The Labute approximate surface area is 152 Å². The van der Waals surface area contributed by atoms with Crippen molar-refractivity contribution < 1.29 is 9.72 Å². The molecule has 1 aliphatic heterocycles. The summed E-state index contributed by atoms with van der Waals surface area (Å²) >= 11 is 0. The van der Waals surface area contributed by atoms with Gasteiger partial charge in [-0.3, -0.25) is 19.9 Å². The fraction of sp³-hybridized carbons (Fsp3) is 0.368. The molecular weight excluding hydrogens is 332 g/mol. The normalized spacial score (nSPS) is 17.4. The highest BCUT2D eigenvalue weighted by Gasteiger charge is 2.26. The number of nitro groups is 1. The summed E-state index contributed by atoms with van der Waals surface area (Å²) in [7, 11) is 0. The van der Waals surface area contributed by atoms with Gasteiger partial charge < -0.3 is 10.2 Å². The minimum Gasteiger partial charge on any atom is -0.371 e. The van der Waals surface area contributed by atoms with Crippen LogP contribution in [0.1, 0.15) is 37.3 Å². The summed E-state index contributed by atoms with van der Waals surface area (Å²) in [5, 5.41) is 14.1. The van der Waals surface area contributed by atoms with Crippen LogP contribution < -0.4 is 5.32 Å². The van der Waals surface area contributed by atoms with E-state index >= 15 is 0 Å². The van der Waals surface area contributed by atoms with Crippen molar-refractivity contribution in [3.63, 3.8) is 0 Å². The summed E-state index contributed by atoms with van der Waals surface area (Å²) in [5.41, 5.74) is 1.42. The molecule has 7 nitrogen and oxygen atoms in total. The zero-order chi connectivity index (χ0) is 18.4. The van der Waals surface area contributed by atoms with Gasteiger partial charge in [0.15, 0.2) is 0 Å². The Bertz CT molecular complexity index is 766. The molecule has 1 aromatic heterocycles. The maximum Gasteiger partial charge on any atom is 0.292 e. The van der Waals surface area contributed by atoms with E-state index in [2.05, 4.69) is 10.3 Å². The molecule has 3 rings (SSSR count). The highest BCUT2D eigenvalue weighted by Crippen LogP contribution is 2.30. The Morgan fingerprint density at radius 1 is 1.19 bits per heavy atom. The number of pyridine rings is 1. The lowest BCUT2D eigenvalue weighted by Gasteiger charge is -2.30. The number of carbonyl (C=O) groups is 1. The third-order valence-electron chi connectivity index (χ3n) is 4.69. The summed E-state index contributed by atoms with van der Waals surface area (Å²) in [6, 6.07) is 10.3. The second-order valence-electron chi connectivity index (χ2n) is 6.36. The van der Waals surface area contributed by atoms with Gasteiger partial charge in [-0.05, 0) is 36.6 Å². The minimum absolute atomic E-state index is 0.0261. The van der Waals surface area contributed by atoms with E-state index in [0.717, 1.165) is 31.2 Å². The molecule has 1 saturated heterocycles. The zero-order valence-electron chi connectivity index (χ0n) is 14.5. The molecular formula is C19H22N4O3. The van der Waals surface area contributed by atoms with E-state index in [1.54, 1.807) is 30.6 Å². The lowest BCUT2D eigenvalue weighted by molar-refractivity contribution is -0.383. The average molecular weight is 354 g/mol. The smallest absolute Gasteiger partial charge is 0.292 e. The number of carbonyl (C=O) groups excluding carboxylic acids is 1. The molecule has 2 heterocycles. The zero-order valence-corrected chi connectivity index (χ0v) is 14.5. The van der Waals surface area contributed by atoms with Crippen LogP contribution >= 0.6 is 0 Å². The van der Waals surface area contributed by atoms with Crippen molar-refractivity contribution in [3.8, 4) is 0 Å². The number of hydrogen-bond acceptors (Lipinski definition) is 5. The van der Waals surface area contributed by atoms with Gasteiger partial charge in [-0.15, -0.1) is 0 Å². The monoisotopic (exact) mass is 354 g/mol. The summed E-state index contributed by atoms with van der Waals surface area (Å²) in [4.78, 5) is 29.5. The molecule has 1 aromatic carbocycles. The Balaban J connectivity index is 1.73. The lowest BCUT2D eigenvalue weighted by Crippen LogP contribution is -2.38. The third kappa shape index (κ3) is 4.17. The third-order valence-corrected chi connectivity index (χ3v) is 4.69. The van der Waals surface area contributed by atoms with Crippen molar-refractivity contribution in [1.29, 1.82) is 0 Å². The number of nitrogens with zero attached hydrogens (tertiary/aromatic N) is 3. The van der Waals surface area contributed by atoms with Gasteiger partial charge in [-0.25, -0.2) is 0 Å². The number of amides is 1. The largest absolute Gasteiger partial charge is 0.371 e. The first kappa shape index (κ1) is 17.8. The van der Waals surface area contributed by atoms with Crippen LogP contribution in [0.15, 0.2) is 48.8 Å². The molecule has 2 aromatic rings. The molecule has 1 aliphatic rings. The van der Waals surface area contributed by atoms with E-state index in [4.69, 9.17) is 0 Å². The van der Waals surface area contributed by atoms with Crippen molar-refractivity contribution in [2.75, 3.05) is 18.4 Å². The predicted octanol–water partition coefficient (Wildman–Crippen LogP) is 3.55. The van der Waals surface area contributed by atoms with Crippen LogP contribution in [0.5, 0.6) is 0 Å². The highest BCUT2D eigenvalue weighted by atomic mass is 16.6. The fourth-order valence-corrected chi connectivity index (χ4v) is 3.39. The molecule has 0 radical (unpaired) electrons. The van der Waals surface area contributed by atoms with Gasteiger partial charge in [-0.1, -0.05) is 25.0 Å². The topological polar surface area (TPSA) is 88.4 Å².